The molecule has 0 aliphatic carbocycles. The smallest absolute Gasteiger partial charge is 0.329 e. The first-order valence-electron chi connectivity index (χ1n) is 7.41. The molecule has 1 unspecified atom stereocenters. The Morgan fingerprint density at radius 1 is 1.43 bits per heavy atom. The van der Waals surface area contributed by atoms with E-state index in [0.717, 1.165) is 5.56 Å². The minimum atomic E-state index is -1.26. The zero-order valence-corrected chi connectivity index (χ0v) is 14.4. The Labute approximate surface area is 142 Å². The van der Waals surface area contributed by atoms with E-state index in [9.17, 15) is 19.1 Å². The molecule has 0 bridgehead atoms. The molecule has 1 amide bonds. The summed E-state index contributed by atoms with van der Waals surface area (Å²) in [6.07, 6.45) is 0.905. The van der Waals surface area contributed by atoms with E-state index in [4.69, 9.17) is 4.74 Å². The predicted molar refractivity (Wildman–Crippen MR) is 85.5 cm³/mol. The third kappa shape index (κ3) is 4.29. The highest BCUT2D eigenvalue weighted by Gasteiger charge is 2.42. The standard InChI is InChI=1S/C16H19BrFNO4/c1-10(8-11-2-3-13(18)12(17)9-11)14(20)19-16(15(21)22)4-6-23-7-5-16/h2-3,9-10H,4-8H2,1H3,(H,19,20)(H,21,22). The number of hydrogen-bond donors (Lipinski definition) is 2. The first-order valence-corrected chi connectivity index (χ1v) is 8.20. The number of rotatable bonds is 5. The van der Waals surface area contributed by atoms with E-state index in [1.54, 1.807) is 19.1 Å². The molecular formula is C16H19BrFNO4. The number of nitrogens with one attached hydrogen (secondary N) is 1. The number of carbonyl (C=O) groups excluding carboxylic acids is 1. The molecular weight excluding hydrogens is 369 g/mol. The van der Waals surface area contributed by atoms with Crippen molar-refractivity contribution < 1.29 is 23.8 Å². The highest BCUT2D eigenvalue weighted by atomic mass is 79.9. The number of benzene rings is 1. The van der Waals surface area contributed by atoms with Crippen molar-refractivity contribution in [3.63, 3.8) is 0 Å². The molecule has 1 aromatic carbocycles. The van der Waals surface area contributed by atoms with E-state index in [-0.39, 0.29) is 24.6 Å². The highest BCUT2D eigenvalue weighted by molar-refractivity contribution is 9.10. The van der Waals surface area contributed by atoms with Crippen molar-refractivity contribution in [2.24, 2.45) is 5.92 Å². The predicted octanol–water partition coefficient (Wildman–Crippen LogP) is 2.52. The molecule has 7 heteroatoms. The number of carboxylic acid groups (broad SMARTS) is 1. The lowest BCUT2D eigenvalue weighted by molar-refractivity contribution is -0.152. The molecule has 126 valence electrons. The molecule has 0 saturated carbocycles. The van der Waals surface area contributed by atoms with Gasteiger partial charge in [0.2, 0.25) is 5.91 Å². The van der Waals surface area contributed by atoms with Crippen LogP contribution in [0.4, 0.5) is 4.39 Å². The van der Waals surface area contributed by atoms with Gasteiger partial charge >= 0.3 is 5.97 Å². The molecule has 1 aliphatic heterocycles. The largest absolute Gasteiger partial charge is 0.480 e. The van der Waals surface area contributed by atoms with Crippen molar-refractivity contribution in [3.05, 3.63) is 34.1 Å². The lowest BCUT2D eigenvalue weighted by Crippen LogP contribution is -2.58. The number of carboxylic acids is 1. The Hall–Kier alpha value is -1.47. The van der Waals surface area contributed by atoms with E-state index in [1.807, 2.05) is 0 Å². The Kier molecular flexibility index (Phi) is 5.75. The van der Waals surface area contributed by atoms with Crippen LogP contribution < -0.4 is 5.32 Å². The van der Waals surface area contributed by atoms with Crippen molar-refractivity contribution in [1.82, 2.24) is 5.32 Å². The molecule has 2 N–H and O–H groups in total. The van der Waals surface area contributed by atoms with Crippen LogP contribution in [-0.2, 0) is 20.7 Å². The van der Waals surface area contributed by atoms with E-state index in [2.05, 4.69) is 21.2 Å². The SMILES string of the molecule is CC(Cc1ccc(F)c(Br)c1)C(=O)NC1(C(=O)O)CCOCC1. The van der Waals surface area contributed by atoms with Gasteiger partial charge in [-0.25, -0.2) is 9.18 Å². The van der Waals surface area contributed by atoms with Crippen molar-refractivity contribution in [2.45, 2.75) is 31.7 Å². The number of aliphatic carboxylic acids is 1. The third-order valence-electron chi connectivity index (χ3n) is 4.09. The first-order chi connectivity index (χ1) is 10.8. The van der Waals surface area contributed by atoms with Crippen LogP contribution in [0.25, 0.3) is 0 Å². The summed E-state index contributed by atoms with van der Waals surface area (Å²) in [5.41, 5.74) is -0.454. The van der Waals surface area contributed by atoms with E-state index in [0.29, 0.717) is 24.1 Å². The van der Waals surface area contributed by atoms with E-state index < -0.39 is 17.4 Å². The fraction of sp³-hybridized carbons (Fsp3) is 0.500. The number of carbonyl (C=O) groups is 2. The molecule has 1 fully saturated rings. The van der Waals surface area contributed by atoms with Crippen molar-refractivity contribution in [3.8, 4) is 0 Å². The van der Waals surface area contributed by atoms with Crippen molar-refractivity contribution in [2.75, 3.05) is 13.2 Å². The lowest BCUT2D eigenvalue weighted by Gasteiger charge is -2.34. The summed E-state index contributed by atoms with van der Waals surface area (Å²) in [6.45, 7) is 2.35. The average molecular weight is 388 g/mol. The summed E-state index contributed by atoms with van der Waals surface area (Å²) in [5, 5.41) is 12.1. The number of halogens is 2. The zero-order valence-electron chi connectivity index (χ0n) is 12.8. The average Bonchev–Trinajstić information content (AvgIpc) is 2.51. The zero-order chi connectivity index (χ0) is 17.0. The summed E-state index contributed by atoms with van der Waals surface area (Å²) in [5.74, 6) is -2.15. The molecule has 1 saturated heterocycles. The Bertz CT molecular complexity index is 602. The number of amides is 1. The highest BCUT2D eigenvalue weighted by Crippen LogP contribution is 2.23. The van der Waals surface area contributed by atoms with Crippen molar-refractivity contribution in [1.29, 1.82) is 0 Å². The number of hydrogen-bond acceptors (Lipinski definition) is 3. The van der Waals surface area contributed by atoms with Gasteiger partial charge in [-0.3, -0.25) is 4.79 Å². The molecule has 0 radical (unpaired) electrons. The minimum absolute atomic E-state index is 0.253. The lowest BCUT2D eigenvalue weighted by atomic mass is 9.89. The molecule has 1 aromatic rings. The van der Waals surface area contributed by atoms with Crippen LogP contribution >= 0.6 is 15.9 Å². The summed E-state index contributed by atoms with van der Waals surface area (Å²) in [6, 6.07) is 4.58. The molecule has 0 spiro atoms. The maximum Gasteiger partial charge on any atom is 0.329 e. The van der Waals surface area contributed by atoms with Gasteiger partial charge in [0.05, 0.1) is 4.47 Å². The molecule has 23 heavy (non-hydrogen) atoms. The summed E-state index contributed by atoms with van der Waals surface area (Å²) in [7, 11) is 0. The van der Waals surface area contributed by atoms with E-state index >= 15 is 0 Å². The van der Waals surface area contributed by atoms with Crippen LogP contribution in [-0.4, -0.2) is 35.7 Å². The summed E-state index contributed by atoms with van der Waals surface area (Å²) >= 11 is 3.11. The van der Waals surface area contributed by atoms with Gasteiger partial charge in [-0.1, -0.05) is 13.0 Å². The van der Waals surface area contributed by atoms with Gasteiger partial charge in [0.15, 0.2) is 0 Å². The van der Waals surface area contributed by atoms with Crippen LogP contribution in [0.15, 0.2) is 22.7 Å². The molecule has 1 atom stereocenters. The fourth-order valence-corrected chi connectivity index (χ4v) is 3.01. The quantitative estimate of drug-likeness (QED) is 0.813. The third-order valence-corrected chi connectivity index (χ3v) is 4.70. The maximum absolute atomic E-state index is 13.2. The van der Waals surface area contributed by atoms with Gasteiger partial charge in [-0.15, -0.1) is 0 Å². The maximum atomic E-state index is 13.2. The molecule has 5 nitrogen and oxygen atoms in total. The van der Waals surface area contributed by atoms with Crippen LogP contribution in [0.3, 0.4) is 0 Å². The van der Waals surface area contributed by atoms with Crippen LogP contribution in [0.5, 0.6) is 0 Å². The Morgan fingerprint density at radius 2 is 2.09 bits per heavy atom. The van der Waals surface area contributed by atoms with Gasteiger partial charge in [0, 0.05) is 32.0 Å². The topological polar surface area (TPSA) is 75.6 Å². The van der Waals surface area contributed by atoms with Gasteiger partial charge in [0.1, 0.15) is 11.4 Å². The van der Waals surface area contributed by atoms with Crippen LogP contribution in [0.1, 0.15) is 25.3 Å². The van der Waals surface area contributed by atoms with E-state index in [1.165, 1.54) is 6.07 Å². The Balaban J connectivity index is 2.03. The van der Waals surface area contributed by atoms with Gasteiger partial charge in [-0.2, -0.15) is 0 Å². The van der Waals surface area contributed by atoms with Crippen LogP contribution in [0.2, 0.25) is 0 Å². The van der Waals surface area contributed by atoms with Gasteiger partial charge < -0.3 is 15.2 Å². The molecule has 1 aliphatic rings. The second-order valence-corrected chi connectivity index (χ2v) is 6.70. The van der Waals surface area contributed by atoms with Gasteiger partial charge in [0.25, 0.3) is 0 Å². The summed E-state index contributed by atoms with van der Waals surface area (Å²) in [4.78, 5) is 23.9. The van der Waals surface area contributed by atoms with Gasteiger partial charge in [-0.05, 0) is 40.0 Å². The summed E-state index contributed by atoms with van der Waals surface area (Å²) < 4.78 is 18.8. The minimum Gasteiger partial charge on any atom is -0.480 e. The molecule has 2 rings (SSSR count). The second-order valence-electron chi connectivity index (χ2n) is 5.84. The second kappa shape index (κ2) is 7.40. The normalized spacial score (nSPS) is 18.2. The fourth-order valence-electron chi connectivity index (χ4n) is 2.58. The monoisotopic (exact) mass is 387 g/mol. The number of ether oxygens (including phenoxy) is 1. The molecule has 0 aromatic heterocycles. The first kappa shape index (κ1) is 17.9. The van der Waals surface area contributed by atoms with Crippen LogP contribution in [0, 0.1) is 11.7 Å². The molecule has 1 heterocycles. The Morgan fingerprint density at radius 3 is 2.65 bits per heavy atom. The van der Waals surface area contributed by atoms with Crippen molar-refractivity contribution >= 4 is 27.8 Å².